The number of para-hydroxylation sites is 1. The second-order valence-electron chi connectivity index (χ2n) is 6.24. The van der Waals surface area contributed by atoms with Crippen molar-refractivity contribution in [2.45, 2.75) is 26.7 Å². The third-order valence-corrected chi connectivity index (χ3v) is 4.07. The SMILES string of the molecule is COc1cccc(C=NNC(=O)CCC(=O)Nc2cc(C)ccc2C)c1OC. The lowest BCUT2D eigenvalue weighted by molar-refractivity contribution is -0.124. The fourth-order valence-electron chi connectivity index (χ4n) is 2.55. The van der Waals surface area contributed by atoms with E-state index in [1.165, 1.54) is 13.3 Å². The van der Waals surface area contributed by atoms with Crippen molar-refractivity contribution in [3.05, 3.63) is 53.1 Å². The minimum absolute atomic E-state index is 0.0310. The Balaban J connectivity index is 1.85. The van der Waals surface area contributed by atoms with Crippen molar-refractivity contribution in [1.29, 1.82) is 0 Å². The van der Waals surface area contributed by atoms with Crippen LogP contribution in [0.25, 0.3) is 0 Å². The van der Waals surface area contributed by atoms with Crippen LogP contribution in [0.4, 0.5) is 5.69 Å². The van der Waals surface area contributed by atoms with Gasteiger partial charge in [-0.1, -0.05) is 18.2 Å². The summed E-state index contributed by atoms with van der Waals surface area (Å²) in [5, 5.41) is 6.75. The summed E-state index contributed by atoms with van der Waals surface area (Å²) >= 11 is 0. The molecule has 2 aromatic carbocycles. The highest BCUT2D eigenvalue weighted by atomic mass is 16.5. The normalized spacial score (nSPS) is 10.6. The lowest BCUT2D eigenvalue weighted by atomic mass is 10.1. The Morgan fingerprint density at radius 2 is 1.79 bits per heavy atom. The van der Waals surface area contributed by atoms with Gasteiger partial charge in [-0.2, -0.15) is 5.10 Å². The minimum atomic E-state index is -0.353. The van der Waals surface area contributed by atoms with Crippen LogP contribution in [-0.2, 0) is 9.59 Å². The first-order valence-corrected chi connectivity index (χ1v) is 8.84. The standard InChI is InChI=1S/C21H25N3O4/c1-14-8-9-15(2)17(12-14)23-19(25)10-11-20(26)24-22-13-16-6-5-7-18(27-3)21(16)28-4/h5-9,12-13H,10-11H2,1-4H3,(H,23,25)(H,24,26). The monoisotopic (exact) mass is 383 g/mol. The molecule has 2 amide bonds. The number of hydrogen-bond acceptors (Lipinski definition) is 5. The molecule has 0 heterocycles. The molecule has 148 valence electrons. The van der Waals surface area contributed by atoms with Gasteiger partial charge >= 0.3 is 0 Å². The van der Waals surface area contributed by atoms with E-state index >= 15 is 0 Å². The quantitative estimate of drug-likeness (QED) is 0.541. The zero-order chi connectivity index (χ0) is 20.5. The zero-order valence-corrected chi connectivity index (χ0v) is 16.5. The van der Waals surface area contributed by atoms with Gasteiger partial charge < -0.3 is 14.8 Å². The van der Waals surface area contributed by atoms with Crippen molar-refractivity contribution < 1.29 is 19.1 Å². The van der Waals surface area contributed by atoms with Gasteiger partial charge in [-0.3, -0.25) is 9.59 Å². The van der Waals surface area contributed by atoms with E-state index in [9.17, 15) is 9.59 Å². The Morgan fingerprint density at radius 1 is 1.04 bits per heavy atom. The maximum absolute atomic E-state index is 12.1. The van der Waals surface area contributed by atoms with Crippen molar-refractivity contribution in [2.24, 2.45) is 5.10 Å². The first-order chi connectivity index (χ1) is 13.4. The number of carbonyl (C=O) groups is 2. The topological polar surface area (TPSA) is 89.0 Å². The number of carbonyl (C=O) groups excluding carboxylic acids is 2. The average Bonchev–Trinajstić information content (AvgIpc) is 2.68. The fourth-order valence-corrected chi connectivity index (χ4v) is 2.55. The second kappa shape index (κ2) is 10.1. The summed E-state index contributed by atoms with van der Waals surface area (Å²) in [7, 11) is 3.08. The van der Waals surface area contributed by atoms with Gasteiger partial charge in [-0.25, -0.2) is 5.43 Å². The molecule has 0 radical (unpaired) electrons. The molecule has 2 N–H and O–H groups in total. The highest BCUT2D eigenvalue weighted by Crippen LogP contribution is 2.29. The first kappa shape index (κ1) is 21.0. The third-order valence-electron chi connectivity index (χ3n) is 4.07. The number of anilines is 1. The van der Waals surface area contributed by atoms with E-state index in [4.69, 9.17) is 9.47 Å². The van der Waals surface area contributed by atoms with E-state index in [2.05, 4.69) is 15.8 Å². The van der Waals surface area contributed by atoms with Gasteiger partial charge in [0, 0.05) is 24.1 Å². The van der Waals surface area contributed by atoms with Crippen LogP contribution >= 0.6 is 0 Å². The molecule has 28 heavy (non-hydrogen) atoms. The van der Waals surface area contributed by atoms with Crippen molar-refractivity contribution in [3.8, 4) is 11.5 Å². The molecule has 0 aliphatic heterocycles. The second-order valence-corrected chi connectivity index (χ2v) is 6.24. The van der Waals surface area contributed by atoms with Crippen molar-refractivity contribution in [2.75, 3.05) is 19.5 Å². The van der Waals surface area contributed by atoms with E-state index in [1.54, 1.807) is 25.3 Å². The summed E-state index contributed by atoms with van der Waals surface area (Å²) in [5.74, 6) is 0.522. The van der Waals surface area contributed by atoms with Crippen LogP contribution in [0.15, 0.2) is 41.5 Å². The molecule has 0 fully saturated rings. The number of benzene rings is 2. The molecule has 2 rings (SSSR count). The summed E-state index contributed by atoms with van der Waals surface area (Å²) in [4.78, 5) is 24.0. The molecule has 7 heteroatoms. The van der Waals surface area contributed by atoms with Crippen molar-refractivity contribution in [1.82, 2.24) is 5.43 Å². The number of hydrazone groups is 1. The summed E-state index contributed by atoms with van der Waals surface area (Å²) in [6, 6.07) is 11.2. The zero-order valence-electron chi connectivity index (χ0n) is 16.5. The van der Waals surface area contributed by atoms with Gasteiger partial charge in [0.25, 0.3) is 0 Å². The molecule has 0 unspecified atom stereocenters. The van der Waals surface area contributed by atoms with Crippen LogP contribution in [-0.4, -0.2) is 32.2 Å². The number of methoxy groups -OCH3 is 2. The summed E-state index contributed by atoms with van der Waals surface area (Å²) in [6.07, 6.45) is 1.57. The number of nitrogens with one attached hydrogen (secondary N) is 2. The fraction of sp³-hybridized carbons (Fsp3) is 0.286. The first-order valence-electron chi connectivity index (χ1n) is 8.84. The van der Waals surface area contributed by atoms with Gasteiger partial charge in [0.15, 0.2) is 11.5 Å². The minimum Gasteiger partial charge on any atom is -0.493 e. The smallest absolute Gasteiger partial charge is 0.240 e. The predicted octanol–water partition coefficient (Wildman–Crippen LogP) is 3.19. The predicted molar refractivity (Wildman–Crippen MR) is 109 cm³/mol. The summed E-state index contributed by atoms with van der Waals surface area (Å²) < 4.78 is 10.5. The summed E-state index contributed by atoms with van der Waals surface area (Å²) in [6.45, 7) is 3.88. The van der Waals surface area contributed by atoms with Crippen LogP contribution in [0.3, 0.4) is 0 Å². The number of amides is 2. The number of nitrogens with zero attached hydrogens (tertiary/aromatic N) is 1. The van der Waals surface area contributed by atoms with Gasteiger partial charge in [0.1, 0.15) is 0 Å². The average molecular weight is 383 g/mol. The maximum atomic E-state index is 12.1. The molecule has 0 aliphatic carbocycles. The molecule has 2 aromatic rings. The molecule has 0 aromatic heterocycles. The van der Waals surface area contributed by atoms with Gasteiger partial charge in [-0.15, -0.1) is 0 Å². The van der Waals surface area contributed by atoms with E-state index < -0.39 is 0 Å². The van der Waals surface area contributed by atoms with Crippen LogP contribution in [0, 0.1) is 13.8 Å². The Morgan fingerprint density at radius 3 is 2.50 bits per heavy atom. The maximum Gasteiger partial charge on any atom is 0.240 e. The molecule has 7 nitrogen and oxygen atoms in total. The molecular weight excluding hydrogens is 358 g/mol. The molecule has 0 aliphatic rings. The largest absolute Gasteiger partial charge is 0.493 e. The Kier molecular flexibility index (Phi) is 7.56. The number of ether oxygens (including phenoxy) is 2. The van der Waals surface area contributed by atoms with Crippen molar-refractivity contribution >= 4 is 23.7 Å². The van der Waals surface area contributed by atoms with Crippen LogP contribution < -0.4 is 20.2 Å². The number of rotatable bonds is 8. The van der Waals surface area contributed by atoms with Gasteiger partial charge in [0.05, 0.1) is 20.4 Å². The Labute approximate surface area is 164 Å². The molecule has 0 saturated heterocycles. The molecule has 0 saturated carbocycles. The van der Waals surface area contributed by atoms with Crippen molar-refractivity contribution in [3.63, 3.8) is 0 Å². The van der Waals surface area contributed by atoms with Crippen LogP contribution in [0.2, 0.25) is 0 Å². The Bertz CT molecular complexity index is 878. The lowest BCUT2D eigenvalue weighted by Crippen LogP contribution is -2.21. The third kappa shape index (κ3) is 5.84. The van der Waals surface area contributed by atoms with Crippen LogP contribution in [0.1, 0.15) is 29.5 Å². The Hall–Kier alpha value is -3.35. The van der Waals surface area contributed by atoms with E-state index in [0.29, 0.717) is 17.1 Å². The molecule has 0 spiro atoms. The van der Waals surface area contributed by atoms with E-state index in [-0.39, 0.29) is 24.7 Å². The van der Waals surface area contributed by atoms with Gasteiger partial charge in [-0.05, 0) is 43.2 Å². The lowest BCUT2D eigenvalue weighted by Gasteiger charge is -2.09. The highest BCUT2D eigenvalue weighted by molar-refractivity contribution is 5.94. The molecular formula is C21H25N3O4. The van der Waals surface area contributed by atoms with E-state index in [0.717, 1.165) is 16.8 Å². The number of hydrogen-bond donors (Lipinski definition) is 2. The van der Waals surface area contributed by atoms with Gasteiger partial charge in [0.2, 0.25) is 11.8 Å². The van der Waals surface area contributed by atoms with E-state index in [1.807, 2.05) is 32.0 Å². The highest BCUT2D eigenvalue weighted by Gasteiger charge is 2.09. The number of aryl methyl sites for hydroxylation is 2. The molecule has 0 bridgehead atoms. The summed E-state index contributed by atoms with van der Waals surface area (Å²) in [5.41, 5.74) is 5.86. The van der Waals surface area contributed by atoms with Crippen LogP contribution in [0.5, 0.6) is 11.5 Å². The molecule has 0 atom stereocenters.